The van der Waals surface area contributed by atoms with E-state index in [2.05, 4.69) is 25.3 Å². The van der Waals surface area contributed by atoms with Crippen molar-refractivity contribution in [1.82, 2.24) is 20.9 Å². The number of halogens is 4. The highest BCUT2D eigenvalue weighted by Crippen LogP contribution is 2.35. The Hall–Kier alpha value is -3.29. The summed E-state index contributed by atoms with van der Waals surface area (Å²) in [6.07, 6.45) is 8.02. The van der Waals surface area contributed by atoms with Crippen molar-refractivity contribution < 1.29 is 32.0 Å². The highest BCUT2D eigenvalue weighted by molar-refractivity contribution is 7.92. The first-order chi connectivity index (χ1) is 18.8. The number of rotatable bonds is 8. The van der Waals surface area contributed by atoms with Crippen molar-refractivity contribution in [3.63, 3.8) is 0 Å². The van der Waals surface area contributed by atoms with E-state index in [-0.39, 0.29) is 18.2 Å². The Balaban J connectivity index is 1.31. The number of carbonyl (C=O) groups excluding carboxylic acids is 1. The lowest BCUT2D eigenvalue weighted by atomic mass is 10.0. The second-order valence-corrected chi connectivity index (χ2v) is 12.7. The maximum atomic E-state index is 13.1. The van der Waals surface area contributed by atoms with Gasteiger partial charge in [-0.25, -0.2) is 4.21 Å². The van der Waals surface area contributed by atoms with E-state index in [0.717, 1.165) is 6.08 Å². The lowest BCUT2D eigenvalue weighted by Gasteiger charge is -2.25. The van der Waals surface area contributed by atoms with Gasteiger partial charge in [0.2, 0.25) is 6.35 Å². The van der Waals surface area contributed by atoms with Crippen LogP contribution in [0, 0.1) is 5.92 Å². The summed E-state index contributed by atoms with van der Waals surface area (Å²) in [7, 11) is -2.54. The molecule has 2 aliphatic carbocycles. The van der Waals surface area contributed by atoms with Crippen LogP contribution in [0.5, 0.6) is 5.75 Å². The van der Waals surface area contributed by atoms with Crippen molar-refractivity contribution in [2.45, 2.75) is 36.9 Å². The molecule has 9 nitrogen and oxygen atoms in total. The van der Waals surface area contributed by atoms with E-state index >= 15 is 0 Å². The summed E-state index contributed by atoms with van der Waals surface area (Å²) < 4.78 is 60.9. The highest BCUT2D eigenvalue weighted by atomic mass is 35.5. The molecule has 4 rings (SSSR count). The van der Waals surface area contributed by atoms with Gasteiger partial charge < -0.3 is 25.8 Å². The van der Waals surface area contributed by atoms with Crippen LogP contribution in [0.2, 0.25) is 0 Å². The fourth-order valence-electron chi connectivity index (χ4n) is 4.15. The van der Waals surface area contributed by atoms with Gasteiger partial charge >= 0.3 is 6.18 Å². The van der Waals surface area contributed by atoms with Crippen molar-refractivity contribution in [2.75, 3.05) is 19.1 Å². The van der Waals surface area contributed by atoms with Crippen LogP contribution < -0.4 is 20.7 Å². The predicted molar refractivity (Wildman–Crippen MR) is 146 cm³/mol. The summed E-state index contributed by atoms with van der Waals surface area (Å²) in [5, 5.41) is 17.6. The summed E-state index contributed by atoms with van der Waals surface area (Å²) in [5.41, 5.74) is 1.04. The largest absolute Gasteiger partial charge is 0.486 e. The van der Waals surface area contributed by atoms with Gasteiger partial charge in [0.15, 0.2) is 0 Å². The van der Waals surface area contributed by atoms with E-state index in [0.29, 0.717) is 35.8 Å². The number of hydrogen-bond acceptors (Lipinski definition) is 8. The Morgan fingerprint density at radius 2 is 2.00 bits per heavy atom. The van der Waals surface area contributed by atoms with E-state index < -0.39 is 45.0 Å². The van der Waals surface area contributed by atoms with Gasteiger partial charge in [0.1, 0.15) is 11.9 Å². The van der Waals surface area contributed by atoms with E-state index in [1.54, 1.807) is 42.6 Å². The molecule has 4 N–H and O–H groups in total. The van der Waals surface area contributed by atoms with Crippen LogP contribution >= 0.6 is 11.6 Å². The molecule has 0 spiro atoms. The molecule has 4 unspecified atom stereocenters. The van der Waals surface area contributed by atoms with Gasteiger partial charge in [0.05, 0.1) is 28.3 Å². The summed E-state index contributed by atoms with van der Waals surface area (Å²) >= 11 is 5.77. The molecule has 0 bridgehead atoms. The van der Waals surface area contributed by atoms with E-state index in [1.807, 2.05) is 0 Å². The quantitative estimate of drug-likeness (QED) is 0.265. The fourth-order valence-corrected chi connectivity index (χ4v) is 4.99. The molecule has 1 amide bonds. The Bertz CT molecular complexity index is 1420. The van der Waals surface area contributed by atoms with Crippen molar-refractivity contribution in [3.05, 3.63) is 77.4 Å². The zero-order valence-electron chi connectivity index (χ0n) is 21.6. The number of hydrogen-bond donors (Lipinski definition) is 4. The normalized spacial score (nSPS) is 23.6. The molecule has 1 aromatic heterocycles. The molecule has 1 aliphatic heterocycles. The SMILES string of the molecule is CS(C)(=O)=NC(=O)C1C=C(c2cc(OC3C=CC(NC(O)NC4=CCC(Cl)C(C(F)(F)F)=C4)=CC3)ccn2)NC1. The summed E-state index contributed by atoms with van der Waals surface area (Å²) in [5.74, 6) is -0.429. The van der Waals surface area contributed by atoms with Crippen LogP contribution in [-0.2, 0) is 14.5 Å². The van der Waals surface area contributed by atoms with Crippen molar-refractivity contribution >= 4 is 32.9 Å². The first kappa shape index (κ1) is 29.7. The number of pyridine rings is 1. The number of allylic oxidation sites excluding steroid dienone is 4. The number of alkyl halides is 4. The van der Waals surface area contributed by atoms with Gasteiger partial charge in [-0.3, -0.25) is 9.78 Å². The summed E-state index contributed by atoms with van der Waals surface area (Å²) in [4.78, 5) is 16.6. The van der Waals surface area contributed by atoms with Gasteiger partial charge in [-0.05, 0) is 36.8 Å². The molecule has 0 saturated heterocycles. The van der Waals surface area contributed by atoms with Gasteiger partial charge in [-0.1, -0.05) is 12.2 Å². The third-order valence-electron chi connectivity index (χ3n) is 5.99. The van der Waals surface area contributed by atoms with Crippen LogP contribution in [0.1, 0.15) is 18.5 Å². The van der Waals surface area contributed by atoms with Gasteiger partial charge in [0, 0.05) is 58.9 Å². The van der Waals surface area contributed by atoms with E-state index in [1.165, 1.54) is 18.6 Å². The minimum Gasteiger partial charge on any atom is -0.486 e. The van der Waals surface area contributed by atoms with Gasteiger partial charge in [0.25, 0.3) is 5.91 Å². The first-order valence-electron chi connectivity index (χ1n) is 12.3. The molecule has 0 saturated carbocycles. The molecule has 4 atom stereocenters. The molecule has 2 heterocycles. The number of nitrogens with one attached hydrogen (secondary N) is 3. The van der Waals surface area contributed by atoms with Gasteiger partial charge in [-0.2, -0.15) is 17.5 Å². The lowest BCUT2D eigenvalue weighted by molar-refractivity contribution is -0.119. The topological polar surface area (TPSA) is 125 Å². The number of carbonyl (C=O) groups is 1. The second kappa shape index (κ2) is 12.1. The minimum atomic E-state index is -4.55. The maximum absolute atomic E-state index is 13.1. The maximum Gasteiger partial charge on any atom is 0.414 e. The monoisotopic (exact) mass is 599 g/mol. The molecule has 14 heteroatoms. The smallest absolute Gasteiger partial charge is 0.414 e. The molecule has 216 valence electrons. The van der Waals surface area contributed by atoms with Crippen LogP contribution in [0.25, 0.3) is 5.70 Å². The molecular weight excluding hydrogens is 571 g/mol. The highest BCUT2D eigenvalue weighted by Gasteiger charge is 2.39. The third-order valence-corrected chi connectivity index (χ3v) is 7.02. The summed E-state index contributed by atoms with van der Waals surface area (Å²) in [6.45, 7) is 0.330. The zero-order chi connectivity index (χ0) is 29.1. The van der Waals surface area contributed by atoms with Crippen molar-refractivity contribution in [3.8, 4) is 5.75 Å². The van der Waals surface area contributed by atoms with Crippen molar-refractivity contribution in [2.24, 2.45) is 10.3 Å². The van der Waals surface area contributed by atoms with Gasteiger partial charge in [-0.15, -0.1) is 11.6 Å². The minimum absolute atomic E-state index is 0.0111. The number of aliphatic hydroxyl groups excluding tert-OH is 1. The molecule has 1 aromatic rings. The average Bonchev–Trinajstić information content (AvgIpc) is 3.36. The van der Waals surface area contributed by atoms with Crippen molar-refractivity contribution in [1.29, 1.82) is 0 Å². The molecule has 3 aliphatic rings. The second-order valence-electron chi connectivity index (χ2n) is 9.62. The summed E-state index contributed by atoms with van der Waals surface area (Å²) in [6, 6.07) is 3.43. The fraction of sp³-hybridized carbons (Fsp3) is 0.385. The number of aliphatic hydroxyl groups is 1. The number of amides is 1. The average molecular weight is 600 g/mol. The zero-order valence-corrected chi connectivity index (χ0v) is 23.2. The number of ether oxygens (including phenoxy) is 1. The first-order valence-corrected chi connectivity index (χ1v) is 15.1. The molecule has 0 fully saturated rings. The standard InChI is InChI=1S/C26H29ClF3N5O4S/c1-40(2,38)35-24(36)15-11-22(32-14-15)23-13-19(9-10-31-23)39-18-6-3-16(4-7-18)33-25(37)34-17-5-8-21(27)20(12-17)26(28,29)30/h3-6,9-13,15,18,21,25,32-34,37H,7-8,14H2,1-2H3. The predicted octanol–water partition coefficient (Wildman–Crippen LogP) is 3.33. The lowest BCUT2D eigenvalue weighted by Crippen LogP contribution is -2.41. The van der Waals surface area contributed by atoms with E-state index in [9.17, 15) is 27.3 Å². The number of aromatic nitrogens is 1. The molecule has 40 heavy (non-hydrogen) atoms. The Morgan fingerprint density at radius 3 is 2.67 bits per heavy atom. The van der Waals surface area contributed by atoms with Crippen LogP contribution in [-0.4, -0.2) is 63.3 Å². The third kappa shape index (κ3) is 8.12. The molecular formula is C26H29ClF3N5O4S. The Morgan fingerprint density at radius 1 is 1.27 bits per heavy atom. The van der Waals surface area contributed by atoms with E-state index in [4.69, 9.17) is 16.3 Å². The van der Waals surface area contributed by atoms with Crippen LogP contribution in [0.4, 0.5) is 13.2 Å². The van der Waals surface area contributed by atoms with Crippen LogP contribution in [0.3, 0.4) is 0 Å². The molecule has 0 radical (unpaired) electrons. The Labute approximate surface area is 235 Å². The Kier molecular flexibility index (Phi) is 8.96. The van der Waals surface area contributed by atoms with Crippen LogP contribution in [0.15, 0.2) is 76.1 Å². The molecule has 0 aromatic carbocycles. The number of nitrogens with zero attached hydrogens (tertiary/aromatic N) is 2.